The van der Waals surface area contributed by atoms with Gasteiger partial charge in [0.25, 0.3) is 0 Å². The van der Waals surface area contributed by atoms with Crippen molar-refractivity contribution in [1.82, 2.24) is 29.4 Å². The summed E-state index contributed by atoms with van der Waals surface area (Å²) in [5, 5.41) is 10.5. The molecule has 26 heavy (non-hydrogen) atoms. The maximum absolute atomic E-state index is 6.28. The first kappa shape index (κ1) is 15.0. The maximum atomic E-state index is 6.28. The normalized spacial score (nSPS) is 11.4. The highest BCUT2D eigenvalue weighted by molar-refractivity contribution is 6.33. The highest BCUT2D eigenvalue weighted by atomic mass is 35.5. The van der Waals surface area contributed by atoms with E-state index in [1.54, 1.807) is 17.0 Å². The van der Waals surface area contributed by atoms with Crippen molar-refractivity contribution in [2.75, 3.05) is 0 Å². The Bertz CT molecular complexity index is 1220. The number of benzene rings is 2. The molecule has 0 N–H and O–H groups in total. The van der Waals surface area contributed by atoms with Crippen LogP contribution in [0.2, 0.25) is 5.02 Å². The van der Waals surface area contributed by atoms with Crippen molar-refractivity contribution in [3.63, 3.8) is 0 Å². The van der Waals surface area contributed by atoms with Crippen LogP contribution in [0.3, 0.4) is 0 Å². The second-order valence-corrected chi connectivity index (χ2v) is 6.36. The van der Waals surface area contributed by atoms with E-state index < -0.39 is 0 Å². The van der Waals surface area contributed by atoms with E-state index in [1.165, 1.54) is 0 Å². The van der Waals surface area contributed by atoms with Crippen LogP contribution in [-0.4, -0.2) is 29.4 Å². The second-order valence-electron chi connectivity index (χ2n) is 5.95. The molecule has 0 fully saturated rings. The molecule has 0 aliphatic heterocycles. The Labute approximate surface area is 153 Å². The van der Waals surface area contributed by atoms with Crippen LogP contribution < -0.4 is 0 Å². The summed E-state index contributed by atoms with van der Waals surface area (Å²) in [6.07, 6.45) is 3.44. The third kappa shape index (κ3) is 2.43. The second kappa shape index (κ2) is 5.93. The van der Waals surface area contributed by atoms with Crippen molar-refractivity contribution in [3.8, 4) is 11.4 Å². The fourth-order valence-electron chi connectivity index (χ4n) is 3.00. The molecule has 5 aromatic rings. The van der Waals surface area contributed by atoms with Crippen LogP contribution in [0.15, 0.2) is 67.1 Å². The van der Waals surface area contributed by atoms with Crippen LogP contribution in [0.25, 0.3) is 28.1 Å². The first-order valence-electron chi connectivity index (χ1n) is 8.15. The zero-order valence-electron chi connectivity index (χ0n) is 13.6. The highest BCUT2D eigenvalue weighted by Gasteiger charge is 2.15. The van der Waals surface area contributed by atoms with Crippen molar-refractivity contribution < 1.29 is 0 Å². The monoisotopic (exact) mass is 360 g/mol. The van der Waals surface area contributed by atoms with E-state index in [-0.39, 0.29) is 0 Å². The number of nitrogens with zero attached hydrogens (tertiary/aromatic N) is 6. The summed E-state index contributed by atoms with van der Waals surface area (Å²) in [6, 6.07) is 17.7. The predicted molar refractivity (Wildman–Crippen MR) is 100 cm³/mol. The maximum Gasteiger partial charge on any atom is 0.183 e. The predicted octanol–water partition coefficient (Wildman–Crippen LogP) is 3.84. The van der Waals surface area contributed by atoms with Gasteiger partial charge in [0.05, 0.1) is 23.2 Å². The lowest BCUT2D eigenvalue weighted by atomic mass is 10.2. The molecule has 0 unspecified atom stereocenters. The molecule has 126 valence electrons. The van der Waals surface area contributed by atoms with Gasteiger partial charge < -0.3 is 0 Å². The number of rotatable bonds is 3. The Balaban J connectivity index is 1.63. The molecule has 7 heteroatoms. The smallest absolute Gasteiger partial charge is 0.183 e. The molecule has 0 atom stereocenters. The molecule has 0 radical (unpaired) electrons. The molecule has 3 aromatic heterocycles. The lowest BCUT2D eigenvalue weighted by Gasteiger charge is -2.02. The number of aromatic nitrogens is 6. The highest BCUT2D eigenvalue weighted by Crippen LogP contribution is 2.26. The minimum Gasteiger partial charge on any atom is -0.243 e. The van der Waals surface area contributed by atoms with Gasteiger partial charge in [0.1, 0.15) is 6.33 Å². The molecule has 6 nitrogen and oxygen atoms in total. The van der Waals surface area contributed by atoms with E-state index in [1.807, 2.05) is 47.1 Å². The van der Waals surface area contributed by atoms with E-state index in [9.17, 15) is 0 Å². The van der Waals surface area contributed by atoms with Crippen LogP contribution >= 0.6 is 11.6 Å². The quantitative estimate of drug-likeness (QED) is 0.490. The van der Waals surface area contributed by atoms with Gasteiger partial charge in [-0.1, -0.05) is 54.1 Å². The topological polar surface area (TPSA) is 60.9 Å². The summed E-state index contributed by atoms with van der Waals surface area (Å²) < 4.78 is 3.53. The molecule has 0 bridgehead atoms. The molecular formula is C19H13ClN6. The van der Waals surface area contributed by atoms with Gasteiger partial charge in [-0.15, -0.1) is 5.10 Å². The molecule has 0 aliphatic carbocycles. The summed E-state index contributed by atoms with van der Waals surface area (Å²) in [6.45, 7) is 0.652. The fraction of sp³-hybridized carbons (Fsp3) is 0.0526. The zero-order chi connectivity index (χ0) is 17.5. The average molecular weight is 361 g/mol. The zero-order valence-corrected chi connectivity index (χ0v) is 14.4. The molecule has 0 aliphatic rings. The Morgan fingerprint density at radius 1 is 0.923 bits per heavy atom. The van der Waals surface area contributed by atoms with Crippen molar-refractivity contribution in [2.24, 2.45) is 0 Å². The largest absolute Gasteiger partial charge is 0.243 e. The van der Waals surface area contributed by atoms with Crippen LogP contribution in [0.4, 0.5) is 0 Å². The van der Waals surface area contributed by atoms with Gasteiger partial charge in [0.2, 0.25) is 0 Å². The average Bonchev–Trinajstić information content (AvgIpc) is 3.27. The molecule has 0 saturated heterocycles. The van der Waals surface area contributed by atoms with E-state index in [0.29, 0.717) is 23.0 Å². The van der Waals surface area contributed by atoms with Gasteiger partial charge >= 0.3 is 0 Å². The first-order valence-corrected chi connectivity index (χ1v) is 8.53. The molecule has 0 saturated carbocycles. The molecule has 3 heterocycles. The van der Waals surface area contributed by atoms with Gasteiger partial charge in [-0.2, -0.15) is 5.10 Å². The van der Waals surface area contributed by atoms with Crippen LogP contribution in [0.1, 0.15) is 5.56 Å². The van der Waals surface area contributed by atoms with Crippen molar-refractivity contribution in [2.45, 2.75) is 6.54 Å². The molecular weight excluding hydrogens is 348 g/mol. The van der Waals surface area contributed by atoms with E-state index in [4.69, 9.17) is 11.6 Å². The summed E-state index contributed by atoms with van der Waals surface area (Å²) >= 11 is 6.28. The molecule has 5 rings (SSSR count). The van der Waals surface area contributed by atoms with Crippen molar-refractivity contribution >= 4 is 28.3 Å². The third-order valence-electron chi connectivity index (χ3n) is 4.26. The molecule has 0 spiro atoms. The Hall–Kier alpha value is -3.25. The fourth-order valence-corrected chi connectivity index (χ4v) is 3.22. The Morgan fingerprint density at radius 3 is 2.58 bits per heavy atom. The first-order chi connectivity index (χ1) is 12.8. The van der Waals surface area contributed by atoms with Crippen LogP contribution in [0, 0.1) is 0 Å². The molecule has 2 aromatic carbocycles. The van der Waals surface area contributed by atoms with Crippen LogP contribution in [-0.2, 0) is 6.54 Å². The van der Waals surface area contributed by atoms with Gasteiger partial charge in [-0.3, -0.25) is 0 Å². The van der Waals surface area contributed by atoms with Crippen LogP contribution in [0.5, 0.6) is 0 Å². The number of fused-ring (bicyclic) bond motifs is 3. The minimum absolute atomic E-state index is 0.570. The van der Waals surface area contributed by atoms with Crippen molar-refractivity contribution in [3.05, 3.63) is 77.7 Å². The summed E-state index contributed by atoms with van der Waals surface area (Å²) in [5.41, 5.74) is 3.45. The van der Waals surface area contributed by atoms with Gasteiger partial charge in [-0.05, 0) is 17.7 Å². The van der Waals surface area contributed by atoms with E-state index in [0.717, 1.165) is 22.2 Å². The third-order valence-corrected chi connectivity index (χ3v) is 4.59. The summed E-state index contributed by atoms with van der Waals surface area (Å²) in [4.78, 5) is 9.19. The van der Waals surface area contributed by atoms with E-state index >= 15 is 0 Å². The Morgan fingerprint density at radius 2 is 1.73 bits per heavy atom. The molecule has 0 amide bonds. The number of hydrogen-bond acceptors (Lipinski definition) is 4. The Kier molecular flexibility index (Phi) is 3.43. The summed E-state index contributed by atoms with van der Waals surface area (Å²) in [5.74, 6) is 0.570. The SMILES string of the molecule is Clc1ccccc1-c1nc2c3cnn(Cc4ccccc4)c3ncn2n1. The lowest BCUT2D eigenvalue weighted by Crippen LogP contribution is -2.03. The van der Waals surface area contributed by atoms with Crippen molar-refractivity contribution in [1.29, 1.82) is 0 Å². The lowest BCUT2D eigenvalue weighted by molar-refractivity contribution is 0.702. The number of halogens is 1. The summed E-state index contributed by atoms with van der Waals surface area (Å²) in [7, 11) is 0. The van der Waals surface area contributed by atoms with E-state index in [2.05, 4.69) is 32.3 Å². The minimum atomic E-state index is 0.570. The number of hydrogen-bond donors (Lipinski definition) is 0. The van der Waals surface area contributed by atoms with Gasteiger partial charge in [0, 0.05) is 5.56 Å². The van der Waals surface area contributed by atoms with Gasteiger partial charge in [-0.25, -0.2) is 19.2 Å². The standard InChI is InChI=1S/C19H13ClN6/c20-16-9-5-4-8-14(16)17-23-19-15-10-22-25(11-13-6-2-1-3-7-13)18(15)21-12-26(19)24-17/h1-10,12H,11H2. The van der Waals surface area contributed by atoms with Gasteiger partial charge in [0.15, 0.2) is 17.1 Å².